The van der Waals surface area contributed by atoms with Crippen LogP contribution in [0.3, 0.4) is 0 Å². The van der Waals surface area contributed by atoms with Crippen molar-refractivity contribution in [1.82, 2.24) is 4.90 Å². The number of aryl methyl sites for hydroxylation is 1. The molecule has 2 aromatic carbocycles. The summed E-state index contributed by atoms with van der Waals surface area (Å²) < 4.78 is 5.24. The lowest BCUT2D eigenvalue weighted by Gasteiger charge is -2.25. The van der Waals surface area contributed by atoms with Crippen LogP contribution < -0.4 is 10.1 Å². The minimum Gasteiger partial charge on any atom is -0.497 e. The maximum atomic E-state index is 12.7. The Labute approximate surface area is 149 Å². The SMILES string of the molecule is COc1ccc(C2CCCCN(C(=O)Nc3ccc(C)cc3)C2)cc1. The van der Waals surface area contributed by atoms with E-state index in [-0.39, 0.29) is 6.03 Å². The zero-order valence-electron chi connectivity index (χ0n) is 15.0. The van der Waals surface area contributed by atoms with E-state index in [0.717, 1.165) is 43.8 Å². The van der Waals surface area contributed by atoms with Gasteiger partial charge in [-0.1, -0.05) is 36.2 Å². The normalized spacial score (nSPS) is 17.7. The number of nitrogens with one attached hydrogen (secondary N) is 1. The molecule has 1 atom stereocenters. The molecule has 1 aliphatic heterocycles. The quantitative estimate of drug-likeness (QED) is 0.873. The molecule has 2 aromatic rings. The molecular weight excluding hydrogens is 312 g/mol. The van der Waals surface area contributed by atoms with E-state index >= 15 is 0 Å². The second-order valence-corrected chi connectivity index (χ2v) is 6.71. The number of likely N-dealkylation sites (tertiary alicyclic amines) is 1. The van der Waals surface area contributed by atoms with Crippen molar-refractivity contribution < 1.29 is 9.53 Å². The fourth-order valence-corrected chi connectivity index (χ4v) is 3.31. The van der Waals surface area contributed by atoms with Crippen LogP contribution in [0.1, 0.15) is 36.3 Å². The van der Waals surface area contributed by atoms with Crippen LogP contribution in [0, 0.1) is 6.92 Å². The van der Waals surface area contributed by atoms with Gasteiger partial charge in [0.2, 0.25) is 0 Å². The third kappa shape index (κ3) is 4.53. The van der Waals surface area contributed by atoms with Gasteiger partial charge in [0.05, 0.1) is 7.11 Å². The Morgan fingerprint density at radius 3 is 2.48 bits per heavy atom. The maximum absolute atomic E-state index is 12.7. The number of anilines is 1. The van der Waals surface area contributed by atoms with Crippen molar-refractivity contribution in [2.45, 2.75) is 32.1 Å². The number of benzene rings is 2. The number of hydrogen-bond acceptors (Lipinski definition) is 2. The molecule has 0 aliphatic carbocycles. The zero-order valence-corrected chi connectivity index (χ0v) is 15.0. The lowest BCUT2D eigenvalue weighted by Crippen LogP contribution is -2.37. The van der Waals surface area contributed by atoms with Crippen LogP contribution in [0.15, 0.2) is 48.5 Å². The van der Waals surface area contributed by atoms with Gasteiger partial charge in [0.25, 0.3) is 0 Å². The minimum absolute atomic E-state index is 0.00994. The van der Waals surface area contributed by atoms with Crippen LogP contribution in [0.25, 0.3) is 0 Å². The van der Waals surface area contributed by atoms with Crippen molar-refractivity contribution in [3.63, 3.8) is 0 Å². The molecule has 3 rings (SSSR count). The summed E-state index contributed by atoms with van der Waals surface area (Å²) in [5.74, 6) is 1.24. The molecule has 1 N–H and O–H groups in total. The third-order valence-electron chi connectivity index (χ3n) is 4.85. The molecule has 25 heavy (non-hydrogen) atoms. The van der Waals surface area contributed by atoms with Crippen LogP contribution in [-0.2, 0) is 0 Å². The Balaban J connectivity index is 1.67. The molecule has 4 heteroatoms. The van der Waals surface area contributed by atoms with E-state index in [4.69, 9.17) is 4.74 Å². The Kier molecular flexibility index (Phi) is 5.59. The number of carbonyl (C=O) groups is 1. The molecule has 1 heterocycles. The standard InChI is InChI=1S/C21H26N2O2/c1-16-6-10-19(11-7-16)22-21(24)23-14-4-3-5-18(15-23)17-8-12-20(25-2)13-9-17/h6-13,18H,3-5,14-15H2,1-2H3,(H,22,24). The second kappa shape index (κ2) is 8.06. The average molecular weight is 338 g/mol. The van der Waals surface area contributed by atoms with Gasteiger partial charge < -0.3 is 15.0 Å². The highest BCUT2D eigenvalue weighted by Gasteiger charge is 2.23. The Morgan fingerprint density at radius 2 is 1.80 bits per heavy atom. The summed E-state index contributed by atoms with van der Waals surface area (Å²) in [6, 6.07) is 16.1. The first-order valence-corrected chi connectivity index (χ1v) is 8.92. The number of nitrogens with zero attached hydrogens (tertiary/aromatic N) is 1. The summed E-state index contributed by atoms with van der Waals surface area (Å²) in [7, 11) is 1.68. The van der Waals surface area contributed by atoms with Crippen molar-refractivity contribution in [3.8, 4) is 5.75 Å². The van der Waals surface area contributed by atoms with Gasteiger partial charge in [-0.05, 0) is 49.6 Å². The van der Waals surface area contributed by atoms with Gasteiger partial charge in [-0.15, -0.1) is 0 Å². The predicted octanol–water partition coefficient (Wildman–Crippen LogP) is 4.81. The van der Waals surface area contributed by atoms with Crippen LogP contribution in [0.2, 0.25) is 0 Å². The summed E-state index contributed by atoms with van der Waals surface area (Å²) in [5.41, 5.74) is 3.31. The van der Waals surface area contributed by atoms with Gasteiger partial charge >= 0.3 is 6.03 Å². The fourth-order valence-electron chi connectivity index (χ4n) is 3.31. The molecular formula is C21H26N2O2. The highest BCUT2D eigenvalue weighted by atomic mass is 16.5. The summed E-state index contributed by atoms with van der Waals surface area (Å²) in [6.07, 6.45) is 3.31. The fraction of sp³-hybridized carbons (Fsp3) is 0.381. The molecule has 132 valence electrons. The number of methoxy groups -OCH3 is 1. The Hall–Kier alpha value is -2.49. The highest BCUT2D eigenvalue weighted by Crippen LogP contribution is 2.28. The van der Waals surface area contributed by atoms with E-state index in [9.17, 15) is 4.79 Å². The molecule has 0 radical (unpaired) electrons. The monoisotopic (exact) mass is 338 g/mol. The maximum Gasteiger partial charge on any atom is 0.321 e. The van der Waals surface area contributed by atoms with E-state index in [1.54, 1.807) is 7.11 Å². The number of urea groups is 1. The van der Waals surface area contributed by atoms with Gasteiger partial charge in [-0.2, -0.15) is 0 Å². The molecule has 0 aromatic heterocycles. The average Bonchev–Trinajstić information content (AvgIpc) is 2.90. The van der Waals surface area contributed by atoms with Crippen molar-refractivity contribution in [2.75, 3.05) is 25.5 Å². The number of ether oxygens (including phenoxy) is 1. The van der Waals surface area contributed by atoms with E-state index in [1.807, 2.05) is 48.2 Å². The molecule has 1 unspecified atom stereocenters. The van der Waals surface area contributed by atoms with Crippen LogP contribution in [0.5, 0.6) is 5.75 Å². The number of amides is 2. The Morgan fingerprint density at radius 1 is 1.08 bits per heavy atom. The third-order valence-corrected chi connectivity index (χ3v) is 4.85. The highest BCUT2D eigenvalue weighted by molar-refractivity contribution is 5.89. The van der Waals surface area contributed by atoms with Gasteiger partial charge in [-0.3, -0.25) is 0 Å². The van der Waals surface area contributed by atoms with Gasteiger partial charge in [0.15, 0.2) is 0 Å². The number of rotatable bonds is 3. The van der Waals surface area contributed by atoms with Crippen molar-refractivity contribution >= 4 is 11.7 Å². The molecule has 2 amide bonds. The minimum atomic E-state index is -0.00994. The summed E-state index contributed by atoms with van der Waals surface area (Å²) >= 11 is 0. The van der Waals surface area contributed by atoms with Crippen LogP contribution in [-0.4, -0.2) is 31.1 Å². The molecule has 1 aliphatic rings. The van der Waals surface area contributed by atoms with Gasteiger partial charge in [0.1, 0.15) is 5.75 Å². The molecule has 0 saturated carbocycles. The summed E-state index contributed by atoms with van der Waals surface area (Å²) in [5, 5.41) is 3.02. The van der Waals surface area contributed by atoms with Crippen molar-refractivity contribution in [3.05, 3.63) is 59.7 Å². The first-order valence-electron chi connectivity index (χ1n) is 8.92. The lowest BCUT2D eigenvalue weighted by molar-refractivity contribution is 0.211. The van der Waals surface area contributed by atoms with E-state index in [0.29, 0.717) is 5.92 Å². The molecule has 0 bridgehead atoms. The van der Waals surface area contributed by atoms with Gasteiger partial charge in [0, 0.05) is 24.7 Å². The van der Waals surface area contributed by atoms with E-state index < -0.39 is 0 Å². The smallest absolute Gasteiger partial charge is 0.321 e. The van der Waals surface area contributed by atoms with E-state index in [2.05, 4.69) is 17.4 Å². The molecule has 0 spiro atoms. The number of hydrogen-bond donors (Lipinski definition) is 1. The molecule has 4 nitrogen and oxygen atoms in total. The van der Waals surface area contributed by atoms with Crippen LogP contribution in [0.4, 0.5) is 10.5 Å². The van der Waals surface area contributed by atoms with E-state index in [1.165, 1.54) is 11.1 Å². The van der Waals surface area contributed by atoms with Crippen molar-refractivity contribution in [1.29, 1.82) is 0 Å². The van der Waals surface area contributed by atoms with Crippen LogP contribution >= 0.6 is 0 Å². The summed E-state index contributed by atoms with van der Waals surface area (Å²) in [4.78, 5) is 14.6. The largest absolute Gasteiger partial charge is 0.497 e. The van der Waals surface area contributed by atoms with Gasteiger partial charge in [-0.25, -0.2) is 4.79 Å². The zero-order chi connectivity index (χ0) is 17.6. The predicted molar refractivity (Wildman–Crippen MR) is 101 cm³/mol. The second-order valence-electron chi connectivity index (χ2n) is 6.71. The first-order chi connectivity index (χ1) is 12.2. The van der Waals surface area contributed by atoms with Crippen molar-refractivity contribution in [2.24, 2.45) is 0 Å². The topological polar surface area (TPSA) is 41.6 Å². The lowest BCUT2D eigenvalue weighted by atomic mass is 9.94. The molecule has 1 saturated heterocycles. The first kappa shape index (κ1) is 17.3. The summed E-state index contributed by atoms with van der Waals surface area (Å²) in [6.45, 7) is 3.61. The Bertz CT molecular complexity index is 695. The molecule has 1 fully saturated rings. The number of carbonyl (C=O) groups excluding carboxylic acids is 1.